The van der Waals surface area contributed by atoms with Crippen LogP contribution in [0.4, 0.5) is 0 Å². The summed E-state index contributed by atoms with van der Waals surface area (Å²) >= 11 is 0. The summed E-state index contributed by atoms with van der Waals surface area (Å²) in [5.74, 6) is -2.57. The Balaban J connectivity index is 2.37. The molecule has 0 spiro atoms. The van der Waals surface area contributed by atoms with Crippen LogP contribution < -0.4 is 5.73 Å². The third kappa shape index (κ3) is 0.975. The molecular formula is C6H5N5O2. The fraction of sp³-hybridized carbons (Fsp3) is 0.167. The molecule has 0 aromatic carbocycles. The Morgan fingerprint density at radius 2 is 1.92 bits per heavy atom. The number of hydrogen-bond acceptors (Lipinski definition) is 6. The number of carbonyl (C=O) groups is 2. The number of nitrogens with zero attached hydrogens (tertiary/aromatic N) is 4. The van der Waals surface area contributed by atoms with E-state index < -0.39 is 17.6 Å². The standard InChI is InChI=1S/C6H5N5O2/c7-6(3-8-10-9-6)11-4(12)1-2-5(11)13/h1-3H,7H2. The quantitative estimate of drug-likeness (QED) is 0.521. The molecule has 0 radical (unpaired) electrons. The van der Waals surface area contributed by atoms with E-state index in [-0.39, 0.29) is 0 Å². The Kier molecular flexibility index (Phi) is 1.37. The molecule has 0 saturated carbocycles. The molecule has 7 nitrogen and oxygen atoms in total. The van der Waals surface area contributed by atoms with Gasteiger partial charge < -0.3 is 0 Å². The molecule has 1 atom stereocenters. The van der Waals surface area contributed by atoms with Gasteiger partial charge in [0.25, 0.3) is 17.6 Å². The lowest BCUT2D eigenvalue weighted by Crippen LogP contribution is -2.57. The highest BCUT2D eigenvalue weighted by atomic mass is 16.2. The minimum Gasteiger partial charge on any atom is -0.283 e. The lowest BCUT2D eigenvalue weighted by Gasteiger charge is -2.25. The first-order valence-electron chi connectivity index (χ1n) is 3.45. The zero-order chi connectivity index (χ0) is 9.47. The molecule has 0 aromatic rings. The topological polar surface area (TPSA) is 100 Å². The van der Waals surface area contributed by atoms with Gasteiger partial charge in [-0.3, -0.25) is 15.3 Å². The van der Waals surface area contributed by atoms with Gasteiger partial charge in [0, 0.05) is 12.2 Å². The molecule has 2 aliphatic heterocycles. The molecule has 2 rings (SSSR count). The van der Waals surface area contributed by atoms with Crippen LogP contribution in [0.5, 0.6) is 0 Å². The highest BCUT2D eigenvalue weighted by Gasteiger charge is 2.42. The van der Waals surface area contributed by atoms with E-state index in [0.717, 1.165) is 23.3 Å². The molecule has 2 heterocycles. The van der Waals surface area contributed by atoms with Crippen molar-refractivity contribution in [2.45, 2.75) is 5.79 Å². The Bertz CT molecular complexity index is 339. The van der Waals surface area contributed by atoms with Crippen LogP contribution in [0.2, 0.25) is 0 Å². The van der Waals surface area contributed by atoms with Crippen LogP contribution in [-0.2, 0) is 9.59 Å². The molecule has 2 N–H and O–H groups in total. The third-order valence-corrected chi connectivity index (χ3v) is 1.67. The second kappa shape index (κ2) is 2.30. The number of hydrogen-bond donors (Lipinski definition) is 1. The van der Waals surface area contributed by atoms with E-state index in [1.54, 1.807) is 0 Å². The summed E-state index contributed by atoms with van der Waals surface area (Å²) in [5.41, 5.74) is 5.58. The molecule has 13 heavy (non-hydrogen) atoms. The molecular weight excluding hydrogens is 174 g/mol. The highest BCUT2D eigenvalue weighted by molar-refractivity contribution is 6.15. The van der Waals surface area contributed by atoms with E-state index in [4.69, 9.17) is 5.73 Å². The smallest absolute Gasteiger partial charge is 0.257 e. The van der Waals surface area contributed by atoms with Crippen LogP contribution in [0.25, 0.3) is 0 Å². The van der Waals surface area contributed by atoms with E-state index in [1.165, 1.54) is 0 Å². The second-order valence-electron chi connectivity index (χ2n) is 2.56. The van der Waals surface area contributed by atoms with Gasteiger partial charge in [0.15, 0.2) is 0 Å². The van der Waals surface area contributed by atoms with Crippen molar-refractivity contribution in [1.82, 2.24) is 4.90 Å². The zero-order valence-corrected chi connectivity index (χ0v) is 6.41. The van der Waals surface area contributed by atoms with Gasteiger partial charge in [0.05, 0.1) is 6.21 Å². The van der Waals surface area contributed by atoms with Gasteiger partial charge in [0.1, 0.15) is 0 Å². The van der Waals surface area contributed by atoms with Gasteiger partial charge >= 0.3 is 0 Å². The average Bonchev–Trinajstić information content (AvgIpc) is 2.60. The molecule has 2 aliphatic rings. The van der Waals surface area contributed by atoms with E-state index in [1.807, 2.05) is 0 Å². The maximum absolute atomic E-state index is 11.2. The van der Waals surface area contributed by atoms with Gasteiger partial charge in [0.2, 0.25) is 0 Å². The number of nitrogens with two attached hydrogens (primary N) is 1. The molecule has 66 valence electrons. The van der Waals surface area contributed by atoms with E-state index in [0.29, 0.717) is 0 Å². The van der Waals surface area contributed by atoms with Crippen molar-refractivity contribution in [3.05, 3.63) is 12.2 Å². The highest BCUT2D eigenvalue weighted by Crippen LogP contribution is 2.18. The molecule has 0 bridgehead atoms. The molecule has 0 saturated heterocycles. The van der Waals surface area contributed by atoms with Crippen molar-refractivity contribution in [2.24, 2.45) is 21.2 Å². The van der Waals surface area contributed by atoms with Crippen LogP contribution >= 0.6 is 0 Å². The predicted molar refractivity (Wildman–Crippen MR) is 41.3 cm³/mol. The van der Waals surface area contributed by atoms with Gasteiger partial charge in [-0.15, -0.1) is 10.2 Å². The Labute approximate surface area is 72.6 Å². The van der Waals surface area contributed by atoms with E-state index in [2.05, 4.69) is 15.4 Å². The summed E-state index contributed by atoms with van der Waals surface area (Å²) in [7, 11) is 0. The molecule has 7 heteroatoms. The van der Waals surface area contributed by atoms with Crippen molar-refractivity contribution in [1.29, 1.82) is 0 Å². The summed E-state index contributed by atoms with van der Waals surface area (Å²) in [6.45, 7) is 0. The fourth-order valence-corrected chi connectivity index (χ4v) is 1.09. The van der Waals surface area contributed by atoms with Crippen molar-refractivity contribution < 1.29 is 9.59 Å². The van der Waals surface area contributed by atoms with Crippen molar-refractivity contribution in [3.63, 3.8) is 0 Å². The molecule has 2 amide bonds. The fourth-order valence-electron chi connectivity index (χ4n) is 1.09. The van der Waals surface area contributed by atoms with Gasteiger partial charge in [-0.05, 0) is 5.22 Å². The van der Waals surface area contributed by atoms with E-state index in [9.17, 15) is 9.59 Å². The lowest BCUT2D eigenvalue weighted by molar-refractivity contribution is -0.140. The minimum absolute atomic E-state index is 0.514. The number of imide groups is 1. The first-order valence-corrected chi connectivity index (χ1v) is 3.45. The summed E-state index contributed by atoms with van der Waals surface area (Å²) in [6, 6.07) is 0. The zero-order valence-electron chi connectivity index (χ0n) is 6.41. The van der Waals surface area contributed by atoms with Crippen LogP contribution in [-0.4, -0.2) is 28.7 Å². The normalized spacial score (nSPS) is 31.0. The first-order chi connectivity index (χ1) is 6.13. The van der Waals surface area contributed by atoms with Gasteiger partial charge in [-0.25, -0.2) is 4.90 Å². The van der Waals surface area contributed by atoms with Crippen molar-refractivity contribution in [3.8, 4) is 0 Å². The van der Waals surface area contributed by atoms with E-state index >= 15 is 0 Å². The first kappa shape index (κ1) is 7.74. The lowest BCUT2D eigenvalue weighted by atomic mass is 10.3. The summed E-state index contributed by atoms with van der Waals surface area (Å²) in [4.78, 5) is 23.1. The number of rotatable bonds is 1. The SMILES string of the molecule is NC1(N2C(=O)C=CC2=O)C=NN=N1. The minimum atomic E-state index is -1.54. The summed E-state index contributed by atoms with van der Waals surface area (Å²) < 4.78 is 0. The van der Waals surface area contributed by atoms with Crippen molar-refractivity contribution in [2.75, 3.05) is 0 Å². The van der Waals surface area contributed by atoms with Crippen LogP contribution in [0, 0.1) is 0 Å². The predicted octanol–water partition coefficient (Wildman–Crippen LogP) is -1.02. The number of amides is 2. The summed E-state index contributed by atoms with van der Waals surface area (Å²) in [5, 5.41) is 10.1. The van der Waals surface area contributed by atoms with Gasteiger partial charge in [-0.1, -0.05) is 0 Å². The average molecular weight is 179 g/mol. The maximum atomic E-state index is 11.2. The largest absolute Gasteiger partial charge is 0.283 e. The maximum Gasteiger partial charge on any atom is 0.257 e. The van der Waals surface area contributed by atoms with Crippen LogP contribution in [0.3, 0.4) is 0 Å². The third-order valence-electron chi connectivity index (χ3n) is 1.67. The number of carbonyl (C=O) groups excluding carboxylic acids is 2. The van der Waals surface area contributed by atoms with Crippen LogP contribution in [0.1, 0.15) is 0 Å². The monoisotopic (exact) mass is 179 g/mol. The Morgan fingerprint density at radius 1 is 1.31 bits per heavy atom. The second-order valence-corrected chi connectivity index (χ2v) is 2.56. The van der Waals surface area contributed by atoms with Gasteiger partial charge in [-0.2, -0.15) is 0 Å². The van der Waals surface area contributed by atoms with Crippen LogP contribution in [0.15, 0.2) is 27.6 Å². The molecule has 0 aliphatic carbocycles. The Morgan fingerprint density at radius 3 is 2.38 bits per heavy atom. The molecule has 1 unspecified atom stereocenters. The molecule has 0 aromatic heterocycles. The molecule has 0 fully saturated rings. The Hall–Kier alpha value is -1.89. The van der Waals surface area contributed by atoms with Crippen molar-refractivity contribution >= 4 is 18.0 Å². The summed E-state index contributed by atoms with van der Waals surface area (Å²) in [6.07, 6.45) is 3.38.